The topological polar surface area (TPSA) is 29.3 Å². The third kappa shape index (κ3) is 7.98. The second-order valence-corrected chi connectivity index (χ2v) is 5.46. The molecule has 0 spiro atoms. The molecule has 1 aromatic carbocycles. The van der Waals surface area contributed by atoms with Gasteiger partial charge in [-0.1, -0.05) is 37.3 Å². The standard InChI is InChI=1S/C14H24N2S.ClH/c1-2-17-13-12-16(11-9-15)10-8-14-6-4-3-5-7-14;/h3-7H,2,8-13,15H2,1H3;1H. The van der Waals surface area contributed by atoms with Crippen LogP contribution >= 0.6 is 24.2 Å². The van der Waals surface area contributed by atoms with E-state index in [1.54, 1.807) is 0 Å². The first-order valence-electron chi connectivity index (χ1n) is 6.41. The molecule has 4 heteroatoms. The average molecular weight is 289 g/mol. The number of hydrogen-bond donors (Lipinski definition) is 1. The molecule has 18 heavy (non-hydrogen) atoms. The summed E-state index contributed by atoms with van der Waals surface area (Å²) in [7, 11) is 0. The van der Waals surface area contributed by atoms with Crippen molar-refractivity contribution in [3.63, 3.8) is 0 Å². The second kappa shape index (κ2) is 11.8. The van der Waals surface area contributed by atoms with Gasteiger partial charge in [-0.15, -0.1) is 12.4 Å². The van der Waals surface area contributed by atoms with Crippen molar-refractivity contribution in [3.8, 4) is 0 Å². The molecule has 2 nitrogen and oxygen atoms in total. The number of halogens is 1. The Bertz CT molecular complexity index is 282. The van der Waals surface area contributed by atoms with Crippen LogP contribution in [0.2, 0.25) is 0 Å². The van der Waals surface area contributed by atoms with Gasteiger partial charge in [0.2, 0.25) is 0 Å². The highest BCUT2D eigenvalue weighted by Gasteiger charge is 2.03. The fourth-order valence-corrected chi connectivity index (χ4v) is 2.46. The van der Waals surface area contributed by atoms with Crippen molar-refractivity contribution in [2.45, 2.75) is 13.3 Å². The van der Waals surface area contributed by atoms with Crippen molar-refractivity contribution in [2.75, 3.05) is 37.7 Å². The van der Waals surface area contributed by atoms with Gasteiger partial charge in [-0.25, -0.2) is 0 Å². The van der Waals surface area contributed by atoms with Crippen LogP contribution in [0.25, 0.3) is 0 Å². The summed E-state index contributed by atoms with van der Waals surface area (Å²) in [6, 6.07) is 10.7. The first kappa shape index (κ1) is 17.8. The number of nitrogens with two attached hydrogens (primary N) is 1. The first-order valence-corrected chi connectivity index (χ1v) is 7.56. The van der Waals surface area contributed by atoms with Gasteiger partial charge in [0.15, 0.2) is 0 Å². The molecular weight excluding hydrogens is 264 g/mol. The van der Waals surface area contributed by atoms with E-state index in [0.29, 0.717) is 0 Å². The van der Waals surface area contributed by atoms with E-state index >= 15 is 0 Å². The SMILES string of the molecule is CCSCCN(CCN)CCc1ccccc1.Cl. The quantitative estimate of drug-likeness (QED) is 0.709. The van der Waals surface area contributed by atoms with Crippen molar-refractivity contribution in [1.82, 2.24) is 4.90 Å². The van der Waals surface area contributed by atoms with Crippen molar-refractivity contribution >= 4 is 24.2 Å². The Labute approximate surface area is 122 Å². The summed E-state index contributed by atoms with van der Waals surface area (Å²) >= 11 is 2.00. The molecule has 0 amide bonds. The van der Waals surface area contributed by atoms with Crippen LogP contribution in [-0.4, -0.2) is 42.6 Å². The van der Waals surface area contributed by atoms with Crippen LogP contribution in [0.1, 0.15) is 12.5 Å². The van der Waals surface area contributed by atoms with Crippen LogP contribution in [0, 0.1) is 0 Å². The molecule has 0 aliphatic heterocycles. The summed E-state index contributed by atoms with van der Waals surface area (Å²) < 4.78 is 0. The highest BCUT2D eigenvalue weighted by molar-refractivity contribution is 7.99. The molecule has 0 aliphatic rings. The van der Waals surface area contributed by atoms with Gasteiger partial charge in [-0.2, -0.15) is 11.8 Å². The summed E-state index contributed by atoms with van der Waals surface area (Å²) in [4.78, 5) is 2.47. The number of nitrogens with zero attached hydrogens (tertiary/aromatic N) is 1. The highest BCUT2D eigenvalue weighted by atomic mass is 35.5. The van der Waals surface area contributed by atoms with E-state index in [1.807, 2.05) is 11.8 Å². The van der Waals surface area contributed by atoms with Crippen LogP contribution in [-0.2, 0) is 6.42 Å². The van der Waals surface area contributed by atoms with Gasteiger partial charge in [-0.05, 0) is 17.7 Å². The maximum atomic E-state index is 5.65. The minimum absolute atomic E-state index is 0. The molecule has 104 valence electrons. The fraction of sp³-hybridized carbons (Fsp3) is 0.571. The minimum atomic E-state index is 0. The van der Waals surface area contributed by atoms with Gasteiger partial charge in [0.25, 0.3) is 0 Å². The van der Waals surface area contributed by atoms with E-state index in [0.717, 1.165) is 32.6 Å². The fourth-order valence-electron chi connectivity index (χ4n) is 1.79. The van der Waals surface area contributed by atoms with Gasteiger partial charge in [0.05, 0.1) is 0 Å². The monoisotopic (exact) mass is 288 g/mol. The van der Waals surface area contributed by atoms with E-state index in [1.165, 1.54) is 17.1 Å². The Morgan fingerprint density at radius 1 is 1.11 bits per heavy atom. The number of hydrogen-bond acceptors (Lipinski definition) is 3. The predicted octanol–water partition coefficient (Wildman–Crippen LogP) is 2.66. The number of thioether (sulfide) groups is 1. The zero-order chi connectivity index (χ0) is 12.3. The van der Waals surface area contributed by atoms with Gasteiger partial charge >= 0.3 is 0 Å². The first-order chi connectivity index (χ1) is 8.36. The van der Waals surface area contributed by atoms with Crippen LogP contribution in [0.5, 0.6) is 0 Å². The normalized spacial score (nSPS) is 10.4. The van der Waals surface area contributed by atoms with Crippen LogP contribution in [0.3, 0.4) is 0 Å². The third-order valence-electron chi connectivity index (χ3n) is 2.76. The van der Waals surface area contributed by atoms with Crippen molar-refractivity contribution < 1.29 is 0 Å². The summed E-state index contributed by atoms with van der Waals surface area (Å²) in [6.07, 6.45) is 1.12. The Hall–Kier alpha value is -0.220. The molecule has 0 saturated heterocycles. The Morgan fingerprint density at radius 3 is 2.44 bits per heavy atom. The Balaban J connectivity index is 0.00000289. The molecule has 0 aliphatic carbocycles. The molecule has 1 rings (SSSR count). The van der Waals surface area contributed by atoms with Crippen LogP contribution in [0.4, 0.5) is 0 Å². The van der Waals surface area contributed by atoms with E-state index in [-0.39, 0.29) is 12.4 Å². The molecule has 0 bridgehead atoms. The zero-order valence-electron chi connectivity index (χ0n) is 11.2. The molecule has 0 unspecified atom stereocenters. The summed E-state index contributed by atoms with van der Waals surface area (Å²) in [5.74, 6) is 2.42. The maximum Gasteiger partial charge on any atom is 0.0105 e. The molecule has 0 heterocycles. The third-order valence-corrected chi connectivity index (χ3v) is 3.64. The predicted molar refractivity (Wildman–Crippen MR) is 85.9 cm³/mol. The number of benzene rings is 1. The molecule has 2 N–H and O–H groups in total. The lowest BCUT2D eigenvalue weighted by molar-refractivity contribution is 0.302. The molecule has 0 fully saturated rings. The molecule has 0 radical (unpaired) electrons. The van der Waals surface area contributed by atoms with E-state index in [4.69, 9.17) is 5.73 Å². The van der Waals surface area contributed by atoms with Crippen molar-refractivity contribution in [2.24, 2.45) is 5.73 Å². The minimum Gasteiger partial charge on any atom is -0.329 e. The second-order valence-electron chi connectivity index (χ2n) is 4.06. The van der Waals surface area contributed by atoms with Crippen molar-refractivity contribution in [3.05, 3.63) is 35.9 Å². The average Bonchev–Trinajstić information content (AvgIpc) is 2.37. The zero-order valence-corrected chi connectivity index (χ0v) is 12.8. The van der Waals surface area contributed by atoms with E-state index < -0.39 is 0 Å². The Morgan fingerprint density at radius 2 is 1.83 bits per heavy atom. The van der Waals surface area contributed by atoms with Crippen LogP contribution in [0.15, 0.2) is 30.3 Å². The smallest absolute Gasteiger partial charge is 0.0105 e. The molecular formula is C14H25ClN2S. The summed E-state index contributed by atoms with van der Waals surface area (Å²) in [5, 5.41) is 0. The molecule has 0 saturated carbocycles. The largest absolute Gasteiger partial charge is 0.329 e. The summed E-state index contributed by atoms with van der Waals surface area (Å²) in [5.41, 5.74) is 7.07. The van der Waals surface area contributed by atoms with Gasteiger partial charge in [0.1, 0.15) is 0 Å². The molecule has 1 aromatic rings. The van der Waals surface area contributed by atoms with Crippen LogP contribution < -0.4 is 5.73 Å². The number of rotatable bonds is 9. The van der Waals surface area contributed by atoms with Gasteiger partial charge < -0.3 is 10.6 Å². The maximum absolute atomic E-state index is 5.65. The van der Waals surface area contributed by atoms with Gasteiger partial charge in [0, 0.05) is 31.9 Å². The van der Waals surface area contributed by atoms with E-state index in [9.17, 15) is 0 Å². The van der Waals surface area contributed by atoms with E-state index in [2.05, 4.69) is 42.2 Å². The molecule has 0 atom stereocenters. The lowest BCUT2D eigenvalue weighted by Gasteiger charge is -2.21. The highest BCUT2D eigenvalue weighted by Crippen LogP contribution is 2.03. The lowest BCUT2D eigenvalue weighted by Crippen LogP contribution is -2.33. The molecule has 0 aromatic heterocycles. The van der Waals surface area contributed by atoms with Gasteiger partial charge in [-0.3, -0.25) is 0 Å². The summed E-state index contributed by atoms with van der Waals surface area (Å²) in [6.45, 7) is 6.25. The lowest BCUT2D eigenvalue weighted by atomic mass is 10.1. The Kier molecular flexibility index (Phi) is 11.7. The van der Waals surface area contributed by atoms with Crippen molar-refractivity contribution in [1.29, 1.82) is 0 Å².